The SMILES string of the molecule is C=CCCCOc1cccc(C)c1-c1cccc([C@H](CC(=O)OC)NC(=O)[C@H](CC=C)n2ccc(F)cc2=O)c1. The molecule has 0 bridgehead atoms. The van der Waals surface area contributed by atoms with Gasteiger partial charge >= 0.3 is 5.97 Å². The predicted octanol–water partition coefficient (Wildman–Crippen LogP) is 5.85. The Hall–Kier alpha value is -4.46. The lowest BCUT2D eigenvalue weighted by Crippen LogP contribution is -2.39. The van der Waals surface area contributed by atoms with Gasteiger partial charge in [0, 0.05) is 17.8 Å². The summed E-state index contributed by atoms with van der Waals surface area (Å²) in [4.78, 5) is 38.3. The molecule has 0 aliphatic rings. The highest BCUT2D eigenvalue weighted by Crippen LogP contribution is 2.35. The molecule has 1 amide bonds. The molecule has 8 heteroatoms. The standard InChI is InChI=1S/C32H35FN2O5/c1-5-7-8-18-40-28-15-9-12-22(3)31(28)24-14-10-13-23(19-24)26(21-30(37)39-4)34-32(38)27(11-6-2)35-17-16-25(33)20-29(35)36/h5-6,9-10,12-17,19-20,26-27H,1-2,7-8,11,18,21H2,3-4H3,(H,34,38)/t26-,27-/m0/s1. The summed E-state index contributed by atoms with van der Waals surface area (Å²) in [6.45, 7) is 9.97. The van der Waals surface area contributed by atoms with Crippen molar-refractivity contribution >= 4 is 11.9 Å². The Balaban J connectivity index is 1.97. The minimum Gasteiger partial charge on any atom is -0.493 e. The third kappa shape index (κ3) is 7.79. The second-order valence-electron chi connectivity index (χ2n) is 9.32. The number of hydrogen-bond donors (Lipinski definition) is 1. The van der Waals surface area contributed by atoms with Gasteiger partial charge in [-0.05, 0) is 61.1 Å². The lowest BCUT2D eigenvalue weighted by Gasteiger charge is -2.24. The topological polar surface area (TPSA) is 86.6 Å². The zero-order valence-corrected chi connectivity index (χ0v) is 22.9. The first-order chi connectivity index (χ1) is 19.3. The van der Waals surface area contributed by atoms with Crippen molar-refractivity contribution in [3.8, 4) is 16.9 Å². The zero-order valence-electron chi connectivity index (χ0n) is 22.9. The minimum absolute atomic E-state index is 0.123. The van der Waals surface area contributed by atoms with Crippen molar-refractivity contribution in [3.63, 3.8) is 0 Å². The monoisotopic (exact) mass is 546 g/mol. The van der Waals surface area contributed by atoms with E-state index in [9.17, 15) is 18.8 Å². The van der Waals surface area contributed by atoms with Gasteiger partial charge in [0.1, 0.15) is 17.6 Å². The van der Waals surface area contributed by atoms with Crippen molar-refractivity contribution < 1.29 is 23.5 Å². The molecule has 0 saturated heterocycles. The number of methoxy groups -OCH3 is 1. The van der Waals surface area contributed by atoms with Gasteiger partial charge in [-0.1, -0.05) is 42.5 Å². The number of rotatable bonds is 14. The van der Waals surface area contributed by atoms with Gasteiger partial charge in [-0.15, -0.1) is 13.2 Å². The van der Waals surface area contributed by atoms with Crippen LogP contribution >= 0.6 is 0 Å². The Labute approximate surface area is 233 Å². The second-order valence-corrected chi connectivity index (χ2v) is 9.32. The first kappa shape index (κ1) is 30.1. The molecule has 3 aromatic rings. The van der Waals surface area contributed by atoms with Crippen molar-refractivity contribution in [2.24, 2.45) is 0 Å². The number of esters is 1. The molecule has 2 atom stereocenters. The molecule has 1 aromatic heterocycles. The van der Waals surface area contributed by atoms with E-state index in [4.69, 9.17) is 9.47 Å². The van der Waals surface area contributed by atoms with Crippen LogP contribution in [-0.4, -0.2) is 30.2 Å². The first-order valence-corrected chi connectivity index (χ1v) is 13.1. The van der Waals surface area contributed by atoms with Crippen LogP contribution in [0, 0.1) is 12.7 Å². The van der Waals surface area contributed by atoms with Crippen molar-refractivity contribution in [2.45, 2.75) is 44.7 Å². The number of ether oxygens (including phenoxy) is 2. The Morgan fingerprint density at radius 1 is 1.10 bits per heavy atom. The Bertz CT molecular complexity index is 1410. The third-order valence-electron chi connectivity index (χ3n) is 6.48. The average molecular weight is 547 g/mol. The van der Waals surface area contributed by atoms with Crippen LogP contribution in [0.4, 0.5) is 4.39 Å². The molecule has 0 radical (unpaired) electrons. The highest BCUT2D eigenvalue weighted by molar-refractivity contribution is 5.82. The van der Waals surface area contributed by atoms with Crippen LogP contribution in [-0.2, 0) is 14.3 Å². The van der Waals surface area contributed by atoms with Gasteiger partial charge in [0.2, 0.25) is 5.91 Å². The summed E-state index contributed by atoms with van der Waals surface area (Å²) in [6, 6.07) is 13.5. The smallest absolute Gasteiger partial charge is 0.307 e. The molecule has 0 aliphatic heterocycles. The Morgan fingerprint density at radius 3 is 2.58 bits per heavy atom. The largest absolute Gasteiger partial charge is 0.493 e. The van der Waals surface area contributed by atoms with E-state index in [-0.39, 0.29) is 12.8 Å². The average Bonchev–Trinajstić information content (AvgIpc) is 2.94. The molecule has 0 aliphatic carbocycles. The van der Waals surface area contributed by atoms with E-state index in [1.165, 1.54) is 19.4 Å². The summed E-state index contributed by atoms with van der Waals surface area (Å²) in [6.07, 6.45) is 6.27. The van der Waals surface area contributed by atoms with Gasteiger partial charge in [0.25, 0.3) is 5.56 Å². The van der Waals surface area contributed by atoms with Crippen molar-refractivity contribution in [1.82, 2.24) is 9.88 Å². The molecule has 3 rings (SSSR count). The highest BCUT2D eigenvalue weighted by Gasteiger charge is 2.26. The van der Waals surface area contributed by atoms with E-state index in [0.717, 1.165) is 52.0 Å². The summed E-state index contributed by atoms with van der Waals surface area (Å²) in [5.74, 6) is -0.997. The fourth-order valence-corrected chi connectivity index (χ4v) is 4.45. The predicted molar refractivity (Wildman–Crippen MR) is 154 cm³/mol. The van der Waals surface area contributed by atoms with Crippen LogP contribution in [0.3, 0.4) is 0 Å². The van der Waals surface area contributed by atoms with E-state index < -0.39 is 35.3 Å². The molecular formula is C32H35FN2O5. The van der Waals surface area contributed by atoms with E-state index in [0.29, 0.717) is 12.2 Å². The number of hydrogen-bond acceptors (Lipinski definition) is 5. The minimum atomic E-state index is -0.985. The Morgan fingerprint density at radius 2 is 1.88 bits per heavy atom. The molecule has 0 spiro atoms. The molecular weight excluding hydrogens is 511 g/mol. The molecule has 7 nitrogen and oxygen atoms in total. The lowest BCUT2D eigenvalue weighted by atomic mass is 9.94. The van der Waals surface area contributed by atoms with Gasteiger partial charge in [-0.3, -0.25) is 14.4 Å². The van der Waals surface area contributed by atoms with Crippen LogP contribution in [0.1, 0.15) is 48.9 Å². The van der Waals surface area contributed by atoms with Crippen molar-refractivity contribution in [1.29, 1.82) is 0 Å². The van der Waals surface area contributed by atoms with E-state index in [1.807, 2.05) is 55.5 Å². The molecule has 210 valence electrons. The molecule has 1 N–H and O–H groups in total. The van der Waals surface area contributed by atoms with Crippen LogP contribution in [0.25, 0.3) is 11.1 Å². The zero-order chi connectivity index (χ0) is 29.1. The molecule has 0 saturated carbocycles. The number of carbonyl (C=O) groups excluding carboxylic acids is 2. The van der Waals surface area contributed by atoms with Crippen LogP contribution < -0.4 is 15.6 Å². The number of allylic oxidation sites excluding steroid dienone is 2. The van der Waals surface area contributed by atoms with Gasteiger partial charge in [-0.25, -0.2) is 4.39 Å². The number of nitrogens with one attached hydrogen (secondary N) is 1. The number of benzene rings is 2. The second kappa shape index (κ2) is 14.6. The van der Waals surface area contributed by atoms with Gasteiger partial charge in [0.05, 0.1) is 26.2 Å². The molecule has 0 fully saturated rings. The summed E-state index contributed by atoms with van der Waals surface area (Å²) in [5.41, 5.74) is 2.78. The first-order valence-electron chi connectivity index (χ1n) is 13.1. The molecule has 40 heavy (non-hydrogen) atoms. The van der Waals surface area contributed by atoms with Gasteiger partial charge in [0.15, 0.2) is 0 Å². The quantitative estimate of drug-likeness (QED) is 0.156. The molecule has 2 aromatic carbocycles. The fraction of sp³-hybridized carbons (Fsp3) is 0.281. The number of aryl methyl sites for hydroxylation is 1. The number of amides is 1. The fourth-order valence-electron chi connectivity index (χ4n) is 4.45. The summed E-state index contributed by atoms with van der Waals surface area (Å²) in [7, 11) is 1.28. The normalized spacial score (nSPS) is 12.2. The molecule has 1 heterocycles. The summed E-state index contributed by atoms with van der Waals surface area (Å²) >= 11 is 0. The lowest BCUT2D eigenvalue weighted by molar-refractivity contribution is -0.141. The number of unbranched alkanes of at least 4 members (excludes halogenated alkanes) is 1. The number of pyridine rings is 1. The van der Waals surface area contributed by atoms with Gasteiger partial charge in [-0.2, -0.15) is 0 Å². The number of nitrogens with zero attached hydrogens (tertiary/aromatic N) is 1. The van der Waals surface area contributed by atoms with Gasteiger partial charge < -0.3 is 19.4 Å². The van der Waals surface area contributed by atoms with Crippen molar-refractivity contribution in [2.75, 3.05) is 13.7 Å². The summed E-state index contributed by atoms with van der Waals surface area (Å²) < 4.78 is 25.7. The highest BCUT2D eigenvalue weighted by atomic mass is 19.1. The number of aromatic nitrogens is 1. The third-order valence-corrected chi connectivity index (χ3v) is 6.48. The van der Waals surface area contributed by atoms with Crippen molar-refractivity contribution in [3.05, 3.63) is 113 Å². The molecule has 0 unspecified atom stereocenters. The van der Waals surface area contributed by atoms with Crippen LogP contribution in [0.2, 0.25) is 0 Å². The maximum absolute atomic E-state index is 13.6. The number of carbonyl (C=O) groups is 2. The maximum atomic E-state index is 13.6. The van der Waals surface area contributed by atoms with E-state index in [1.54, 1.807) is 0 Å². The summed E-state index contributed by atoms with van der Waals surface area (Å²) in [5, 5.41) is 2.90. The number of halogens is 1. The Kier molecular flexibility index (Phi) is 11.0. The van der Waals surface area contributed by atoms with E-state index in [2.05, 4.69) is 18.5 Å². The maximum Gasteiger partial charge on any atom is 0.307 e. The van der Waals surface area contributed by atoms with Crippen LogP contribution in [0.15, 0.2) is 90.9 Å². The van der Waals surface area contributed by atoms with Crippen LogP contribution in [0.5, 0.6) is 5.75 Å². The van der Waals surface area contributed by atoms with E-state index >= 15 is 0 Å².